The quantitative estimate of drug-likeness (QED) is 0.473. The molecule has 0 saturated heterocycles. The fraction of sp³-hybridized carbons (Fsp3) is 0.556. The lowest BCUT2D eigenvalue weighted by atomic mass is 9.96. The molecule has 0 bridgehead atoms. The first-order chi connectivity index (χ1) is 8.06. The molecule has 1 rings (SSSR count). The van der Waals surface area contributed by atoms with Gasteiger partial charge < -0.3 is 14.2 Å². The second kappa shape index (κ2) is 5.28. The predicted molar refractivity (Wildman–Crippen MR) is 53.9 cm³/mol. The maximum atomic E-state index is 11.5. The first-order valence-electron chi connectivity index (χ1n) is 4.63. The van der Waals surface area contributed by atoms with Gasteiger partial charge >= 0.3 is 17.9 Å². The predicted octanol–water partition coefficient (Wildman–Crippen LogP) is -1.55. The first kappa shape index (κ1) is 12.9. The van der Waals surface area contributed by atoms with E-state index in [1.54, 1.807) is 0 Å². The molecule has 0 saturated carbocycles. The standard InChI is InChI=1S/C9H12N2O6/c1-15-7(12)4-5(8(13)16-2)10-11-6(4)9(14)17-3/h4-5,10H,1-3H3. The van der Waals surface area contributed by atoms with Crippen molar-refractivity contribution >= 4 is 23.6 Å². The summed E-state index contributed by atoms with van der Waals surface area (Å²) in [7, 11) is 3.45. The lowest BCUT2D eigenvalue weighted by molar-refractivity contribution is -0.152. The largest absolute Gasteiger partial charge is 0.468 e. The summed E-state index contributed by atoms with van der Waals surface area (Å²) in [4.78, 5) is 34.2. The van der Waals surface area contributed by atoms with Crippen molar-refractivity contribution in [1.29, 1.82) is 0 Å². The highest BCUT2D eigenvalue weighted by atomic mass is 16.5. The van der Waals surface area contributed by atoms with Gasteiger partial charge in [0.1, 0.15) is 5.92 Å². The molecule has 0 aromatic rings. The van der Waals surface area contributed by atoms with Crippen LogP contribution in [-0.2, 0) is 28.6 Å². The number of carbonyl (C=O) groups excluding carboxylic acids is 3. The first-order valence-corrected chi connectivity index (χ1v) is 4.63. The molecular weight excluding hydrogens is 232 g/mol. The maximum Gasteiger partial charge on any atom is 0.355 e. The van der Waals surface area contributed by atoms with Crippen molar-refractivity contribution in [2.24, 2.45) is 11.0 Å². The van der Waals surface area contributed by atoms with Gasteiger partial charge in [0.25, 0.3) is 0 Å². The molecule has 0 aliphatic carbocycles. The van der Waals surface area contributed by atoms with Gasteiger partial charge in [0.2, 0.25) is 0 Å². The molecular formula is C9H12N2O6. The third-order valence-corrected chi connectivity index (χ3v) is 2.26. The third kappa shape index (κ3) is 2.35. The molecule has 2 unspecified atom stereocenters. The fourth-order valence-electron chi connectivity index (χ4n) is 1.41. The van der Waals surface area contributed by atoms with Crippen LogP contribution in [0.25, 0.3) is 0 Å². The second-order valence-electron chi connectivity index (χ2n) is 3.12. The smallest absolute Gasteiger partial charge is 0.355 e. The number of nitrogens with zero attached hydrogens (tertiary/aromatic N) is 1. The van der Waals surface area contributed by atoms with E-state index in [-0.39, 0.29) is 5.71 Å². The third-order valence-electron chi connectivity index (χ3n) is 2.26. The zero-order valence-corrected chi connectivity index (χ0v) is 9.55. The summed E-state index contributed by atoms with van der Waals surface area (Å²) in [5, 5.41) is 3.60. The van der Waals surface area contributed by atoms with Crippen LogP contribution >= 0.6 is 0 Å². The molecule has 1 aliphatic heterocycles. The van der Waals surface area contributed by atoms with E-state index >= 15 is 0 Å². The van der Waals surface area contributed by atoms with Gasteiger partial charge in [-0.05, 0) is 0 Å². The molecule has 0 fully saturated rings. The highest BCUT2D eigenvalue weighted by Crippen LogP contribution is 2.17. The zero-order valence-electron chi connectivity index (χ0n) is 9.55. The number of hydrogen-bond acceptors (Lipinski definition) is 8. The molecule has 0 aromatic heterocycles. The van der Waals surface area contributed by atoms with E-state index in [9.17, 15) is 14.4 Å². The Balaban J connectivity index is 2.98. The molecule has 0 amide bonds. The molecule has 8 heteroatoms. The summed E-state index contributed by atoms with van der Waals surface area (Å²) in [6, 6.07) is -1.08. The number of ether oxygens (including phenoxy) is 3. The lowest BCUT2D eigenvalue weighted by Gasteiger charge is -2.15. The van der Waals surface area contributed by atoms with Gasteiger partial charge in [-0.25, -0.2) is 9.59 Å². The van der Waals surface area contributed by atoms with Crippen LogP contribution in [0.15, 0.2) is 5.10 Å². The van der Waals surface area contributed by atoms with Gasteiger partial charge in [0, 0.05) is 0 Å². The van der Waals surface area contributed by atoms with Crippen LogP contribution < -0.4 is 5.43 Å². The summed E-state index contributed by atoms with van der Waals surface area (Å²) in [5.74, 6) is -3.46. The maximum absolute atomic E-state index is 11.5. The van der Waals surface area contributed by atoms with Crippen molar-refractivity contribution < 1.29 is 28.6 Å². The van der Waals surface area contributed by atoms with Gasteiger partial charge in [0.15, 0.2) is 11.8 Å². The second-order valence-corrected chi connectivity index (χ2v) is 3.12. The summed E-state index contributed by atoms with van der Waals surface area (Å²) < 4.78 is 13.4. The molecule has 1 N–H and O–H groups in total. The van der Waals surface area contributed by atoms with Crippen molar-refractivity contribution in [3.63, 3.8) is 0 Å². The minimum absolute atomic E-state index is 0.213. The minimum atomic E-state index is -1.17. The Morgan fingerprint density at radius 1 is 1.06 bits per heavy atom. The monoisotopic (exact) mass is 244 g/mol. The van der Waals surface area contributed by atoms with Crippen molar-refractivity contribution in [2.45, 2.75) is 6.04 Å². The number of hydrogen-bond donors (Lipinski definition) is 1. The molecule has 2 atom stereocenters. The summed E-state index contributed by atoms with van der Waals surface area (Å²) >= 11 is 0. The number of nitrogens with one attached hydrogen (secondary N) is 1. The number of esters is 3. The fourth-order valence-corrected chi connectivity index (χ4v) is 1.41. The Bertz CT molecular complexity index is 378. The van der Waals surface area contributed by atoms with Gasteiger partial charge in [-0.15, -0.1) is 0 Å². The van der Waals surface area contributed by atoms with Crippen LogP contribution in [0.4, 0.5) is 0 Å². The average Bonchev–Trinajstić information content (AvgIpc) is 2.80. The topological polar surface area (TPSA) is 103 Å². The normalized spacial score (nSPS) is 22.2. The number of rotatable bonds is 3. The lowest BCUT2D eigenvalue weighted by Crippen LogP contribution is -2.44. The van der Waals surface area contributed by atoms with Gasteiger partial charge in [-0.3, -0.25) is 10.2 Å². The van der Waals surface area contributed by atoms with Crippen LogP contribution in [0.2, 0.25) is 0 Å². The molecule has 8 nitrogen and oxygen atoms in total. The van der Waals surface area contributed by atoms with Crippen LogP contribution in [0.1, 0.15) is 0 Å². The number of hydrazone groups is 1. The Labute approximate surface area is 96.9 Å². The van der Waals surface area contributed by atoms with E-state index in [0.717, 1.165) is 21.3 Å². The highest BCUT2D eigenvalue weighted by Gasteiger charge is 2.46. The number of carbonyl (C=O) groups is 3. The van der Waals surface area contributed by atoms with Gasteiger partial charge in [-0.1, -0.05) is 0 Å². The van der Waals surface area contributed by atoms with E-state index in [4.69, 9.17) is 0 Å². The molecule has 94 valence electrons. The Morgan fingerprint density at radius 2 is 1.65 bits per heavy atom. The Hall–Kier alpha value is -2.12. The van der Waals surface area contributed by atoms with E-state index in [1.165, 1.54) is 0 Å². The molecule has 1 heterocycles. The van der Waals surface area contributed by atoms with Gasteiger partial charge in [0.05, 0.1) is 21.3 Å². The summed E-state index contributed by atoms with van der Waals surface area (Å²) in [5.41, 5.74) is 2.14. The van der Waals surface area contributed by atoms with E-state index in [1.807, 2.05) is 0 Å². The van der Waals surface area contributed by atoms with Crippen molar-refractivity contribution in [2.75, 3.05) is 21.3 Å². The van der Waals surface area contributed by atoms with Crippen molar-refractivity contribution in [1.82, 2.24) is 5.43 Å². The summed E-state index contributed by atoms with van der Waals surface area (Å²) in [6.07, 6.45) is 0. The molecule has 0 aromatic carbocycles. The zero-order chi connectivity index (χ0) is 13.0. The van der Waals surface area contributed by atoms with Crippen LogP contribution in [-0.4, -0.2) is 51.0 Å². The van der Waals surface area contributed by atoms with Crippen LogP contribution in [0.3, 0.4) is 0 Å². The van der Waals surface area contributed by atoms with Crippen LogP contribution in [0, 0.1) is 5.92 Å². The van der Waals surface area contributed by atoms with E-state index in [2.05, 4.69) is 24.7 Å². The van der Waals surface area contributed by atoms with Crippen molar-refractivity contribution in [3.8, 4) is 0 Å². The minimum Gasteiger partial charge on any atom is -0.468 e. The molecule has 1 aliphatic rings. The van der Waals surface area contributed by atoms with Crippen molar-refractivity contribution in [3.05, 3.63) is 0 Å². The average molecular weight is 244 g/mol. The molecule has 0 spiro atoms. The van der Waals surface area contributed by atoms with Crippen LogP contribution in [0.5, 0.6) is 0 Å². The Morgan fingerprint density at radius 3 is 2.12 bits per heavy atom. The van der Waals surface area contributed by atoms with Gasteiger partial charge in [-0.2, -0.15) is 5.10 Å². The van der Waals surface area contributed by atoms with E-state index in [0.29, 0.717) is 0 Å². The number of methoxy groups -OCH3 is 3. The highest BCUT2D eigenvalue weighted by molar-refractivity contribution is 6.41. The summed E-state index contributed by atoms with van der Waals surface area (Å²) in [6.45, 7) is 0. The molecule has 0 radical (unpaired) electrons. The Kier molecular flexibility index (Phi) is 4.02. The van der Waals surface area contributed by atoms with E-state index < -0.39 is 29.9 Å². The SMILES string of the molecule is COC(=O)C1=NNC(C(=O)OC)C1C(=O)OC. The molecule has 17 heavy (non-hydrogen) atoms.